The van der Waals surface area contributed by atoms with Crippen LogP contribution in [-0.2, 0) is 0 Å². The zero-order valence-electron chi connectivity index (χ0n) is 15.3. The van der Waals surface area contributed by atoms with Crippen molar-refractivity contribution in [3.63, 3.8) is 0 Å². The first-order valence-corrected chi connectivity index (χ1v) is 9.18. The maximum atomic E-state index is 4.49. The Hall–Kier alpha value is -1.36. The van der Waals surface area contributed by atoms with Crippen LogP contribution in [0.15, 0.2) is 12.3 Å². The van der Waals surface area contributed by atoms with Gasteiger partial charge in [-0.15, -0.1) is 0 Å². The number of nitrogens with one attached hydrogen (secondary N) is 2. The topological polar surface area (TPSA) is 53.1 Å². The predicted octanol–water partition coefficient (Wildman–Crippen LogP) is 4.00. The molecule has 0 saturated heterocycles. The third-order valence-corrected chi connectivity index (χ3v) is 3.83. The molecule has 1 aromatic heterocycles. The molecule has 0 spiro atoms. The first kappa shape index (κ1) is 19.7. The Morgan fingerprint density at radius 2 is 1.61 bits per heavy atom. The van der Waals surface area contributed by atoms with Gasteiger partial charge in [0.2, 0.25) is 5.95 Å². The minimum atomic E-state index is 0.725. The van der Waals surface area contributed by atoms with Crippen molar-refractivity contribution in [3.05, 3.63) is 12.3 Å². The molecule has 132 valence electrons. The highest BCUT2D eigenvalue weighted by molar-refractivity contribution is 5.39. The van der Waals surface area contributed by atoms with Gasteiger partial charge in [-0.05, 0) is 26.6 Å². The number of aromatic nitrogens is 2. The monoisotopic (exact) mass is 321 g/mol. The van der Waals surface area contributed by atoms with Crippen LogP contribution in [0.2, 0.25) is 0 Å². The van der Waals surface area contributed by atoms with E-state index in [0.717, 1.165) is 31.4 Å². The van der Waals surface area contributed by atoms with Crippen LogP contribution in [0, 0.1) is 0 Å². The molecule has 1 heterocycles. The highest BCUT2D eigenvalue weighted by atomic mass is 15.1. The lowest BCUT2D eigenvalue weighted by Gasteiger charge is -2.11. The summed E-state index contributed by atoms with van der Waals surface area (Å²) in [5.74, 6) is 1.61. The van der Waals surface area contributed by atoms with Crippen molar-refractivity contribution >= 4 is 11.8 Å². The average molecular weight is 322 g/mol. The number of likely N-dealkylation sites (N-methyl/N-ethyl adjacent to an activating group) is 1. The summed E-state index contributed by atoms with van der Waals surface area (Å²) in [7, 11) is 4.14. The summed E-state index contributed by atoms with van der Waals surface area (Å²) >= 11 is 0. The van der Waals surface area contributed by atoms with Crippen LogP contribution in [-0.4, -0.2) is 48.6 Å². The van der Waals surface area contributed by atoms with Crippen LogP contribution in [0.1, 0.15) is 58.3 Å². The fourth-order valence-corrected chi connectivity index (χ4v) is 2.41. The molecule has 0 unspecified atom stereocenters. The van der Waals surface area contributed by atoms with Gasteiger partial charge in [0.15, 0.2) is 0 Å². The number of hydrogen-bond acceptors (Lipinski definition) is 5. The summed E-state index contributed by atoms with van der Waals surface area (Å²) in [6.07, 6.45) is 12.5. The molecule has 0 aromatic carbocycles. The third-order valence-electron chi connectivity index (χ3n) is 3.83. The highest BCUT2D eigenvalue weighted by Crippen LogP contribution is 2.09. The van der Waals surface area contributed by atoms with Gasteiger partial charge in [0, 0.05) is 25.8 Å². The van der Waals surface area contributed by atoms with E-state index >= 15 is 0 Å². The van der Waals surface area contributed by atoms with Crippen molar-refractivity contribution in [2.24, 2.45) is 0 Å². The SMILES string of the molecule is CCCCCCCCCCNc1nccc(NCCN(C)C)n1. The Labute approximate surface area is 142 Å². The minimum Gasteiger partial charge on any atom is -0.369 e. The van der Waals surface area contributed by atoms with E-state index in [0.29, 0.717) is 0 Å². The van der Waals surface area contributed by atoms with Gasteiger partial charge in [-0.1, -0.05) is 51.9 Å². The molecule has 0 amide bonds. The summed E-state index contributed by atoms with van der Waals surface area (Å²) in [4.78, 5) is 10.9. The summed E-state index contributed by atoms with van der Waals surface area (Å²) in [6, 6.07) is 1.91. The number of nitrogens with zero attached hydrogens (tertiary/aromatic N) is 3. The molecule has 0 aliphatic carbocycles. The Morgan fingerprint density at radius 1 is 0.913 bits per heavy atom. The molecule has 23 heavy (non-hydrogen) atoms. The average Bonchev–Trinajstić information content (AvgIpc) is 2.53. The lowest BCUT2D eigenvalue weighted by molar-refractivity contribution is 0.425. The minimum absolute atomic E-state index is 0.725. The van der Waals surface area contributed by atoms with Gasteiger partial charge in [0.25, 0.3) is 0 Å². The lowest BCUT2D eigenvalue weighted by Crippen LogP contribution is -2.21. The zero-order valence-corrected chi connectivity index (χ0v) is 15.3. The van der Waals surface area contributed by atoms with Crippen molar-refractivity contribution in [2.75, 3.05) is 44.4 Å². The quantitative estimate of drug-likeness (QED) is 0.507. The molecule has 0 fully saturated rings. The van der Waals surface area contributed by atoms with E-state index in [1.807, 2.05) is 6.07 Å². The van der Waals surface area contributed by atoms with E-state index in [1.54, 1.807) is 6.20 Å². The normalized spacial score (nSPS) is 11.0. The molecular weight excluding hydrogens is 286 g/mol. The molecule has 1 rings (SSSR count). The summed E-state index contributed by atoms with van der Waals surface area (Å²) in [5, 5.41) is 6.64. The first-order valence-electron chi connectivity index (χ1n) is 9.18. The number of rotatable bonds is 14. The maximum Gasteiger partial charge on any atom is 0.224 e. The third kappa shape index (κ3) is 10.9. The summed E-state index contributed by atoms with van der Waals surface area (Å²) in [6.45, 7) is 5.10. The standard InChI is InChI=1S/C18H35N5/c1-4-5-6-7-8-9-10-11-13-20-18-21-14-12-17(22-18)19-15-16-23(2)3/h12,14H,4-11,13,15-16H2,1-3H3,(H2,19,20,21,22). The van der Waals surface area contributed by atoms with Gasteiger partial charge in [-0.2, -0.15) is 4.98 Å². The summed E-state index contributed by atoms with van der Waals surface area (Å²) in [5.41, 5.74) is 0. The van der Waals surface area contributed by atoms with E-state index in [2.05, 4.69) is 46.5 Å². The van der Waals surface area contributed by atoms with E-state index in [-0.39, 0.29) is 0 Å². The second-order valence-electron chi connectivity index (χ2n) is 6.40. The van der Waals surface area contributed by atoms with E-state index < -0.39 is 0 Å². The van der Waals surface area contributed by atoms with Crippen LogP contribution < -0.4 is 10.6 Å². The van der Waals surface area contributed by atoms with Crippen LogP contribution in [0.25, 0.3) is 0 Å². The molecule has 1 aromatic rings. The maximum absolute atomic E-state index is 4.49. The van der Waals surface area contributed by atoms with E-state index in [4.69, 9.17) is 0 Å². The van der Waals surface area contributed by atoms with Crippen LogP contribution in [0.4, 0.5) is 11.8 Å². The fraction of sp³-hybridized carbons (Fsp3) is 0.778. The molecule has 0 aliphatic heterocycles. The summed E-state index contributed by atoms with van der Waals surface area (Å²) < 4.78 is 0. The van der Waals surface area contributed by atoms with E-state index in [9.17, 15) is 0 Å². The van der Waals surface area contributed by atoms with Gasteiger partial charge < -0.3 is 15.5 Å². The molecule has 0 saturated carbocycles. The van der Waals surface area contributed by atoms with Gasteiger partial charge in [-0.3, -0.25) is 0 Å². The first-order chi connectivity index (χ1) is 11.2. The molecule has 0 atom stereocenters. The Bertz CT molecular complexity index is 395. The fourth-order valence-electron chi connectivity index (χ4n) is 2.41. The Morgan fingerprint density at radius 3 is 2.30 bits per heavy atom. The van der Waals surface area contributed by atoms with Crippen molar-refractivity contribution in [1.29, 1.82) is 0 Å². The van der Waals surface area contributed by atoms with Crippen LogP contribution in [0.3, 0.4) is 0 Å². The van der Waals surface area contributed by atoms with Crippen molar-refractivity contribution in [2.45, 2.75) is 58.3 Å². The van der Waals surface area contributed by atoms with Gasteiger partial charge >= 0.3 is 0 Å². The van der Waals surface area contributed by atoms with E-state index in [1.165, 1.54) is 51.4 Å². The molecule has 0 radical (unpaired) electrons. The Balaban J connectivity index is 2.08. The van der Waals surface area contributed by atoms with Gasteiger partial charge in [-0.25, -0.2) is 4.98 Å². The number of unbranched alkanes of at least 4 members (excludes halogenated alkanes) is 7. The molecule has 0 aliphatic rings. The molecule has 0 bridgehead atoms. The van der Waals surface area contributed by atoms with Crippen molar-refractivity contribution in [3.8, 4) is 0 Å². The van der Waals surface area contributed by atoms with Crippen LogP contribution >= 0.6 is 0 Å². The number of anilines is 2. The largest absolute Gasteiger partial charge is 0.369 e. The Kier molecular flexibility index (Phi) is 11.2. The highest BCUT2D eigenvalue weighted by Gasteiger charge is 1.99. The predicted molar refractivity (Wildman–Crippen MR) is 100 cm³/mol. The molecule has 5 heteroatoms. The van der Waals surface area contributed by atoms with Gasteiger partial charge in [0.1, 0.15) is 5.82 Å². The van der Waals surface area contributed by atoms with Gasteiger partial charge in [0.05, 0.1) is 0 Å². The molecule has 2 N–H and O–H groups in total. The molecule has 5 nitrogen and oxygen atoms in total. The smallest absolute Gasteiger partial charge is 0.224 e. The van der Waals surface area contributed by atoms with Crippen molar-refractivity contribution < 1.29 is 0 Å². The zero-order chi connectivity index (χ0) is 16.8. The van der Waals surface area contributed by atoms with Crippen LogP contribution in [0.5, 0.6) is 0 Å². The second-order valence-corrected chi connectivity index (χ2v) is 6.40. The molecular formula is C18H35N5. The van der Waals surface area contributed by atoms with Crippen molar-refractivity contribution in [1.82, 2.24) is 14.9 Å². The number of hydrogen-bond donors (Lipinski definition) is 2. The second kappa shape index (κ2) is 13.1. The lowest BCUT2D eigenvalue weighted by atomic mass is 10.1.